The molecule has 0 aliphatic heterocycles. The third-order valence-corrected chi connectivity index (χ3v) is 4.90. The van der Waals surface area contributed by atoms with Crippen molar-refractivity contribution in [1.82, 2.24) is 0 Å². The van der Waals surface area contributed by atoms with Gasteiger partial charge in [-0.05, 0) is 36.6 Å². The van der Waals surface area contributed by atoms with Crippen molar-refractivity contribution in [1.29, 1.82) is 0 Å². The number of hydrogen-bond acceptors (Lipinski definition) is 4. The van der Waals surface area contributed by atoms with E-state index in [0.717, 1.165) is 25.7 Å². The monoisotopic (exact) mass is 402 g/mol. The molecule has 0 aromatic heterocycles. The van der Waals surface area contributed by atoms with Crippen LogP contribution in [0.4, 0.5) is 0 Å². The van der Waals surface area contributed by atoms with Crippen molar-refractivity contribution in [3.63, 3.8) is 0 Å². The third-order valence-electron chi connectivity index (χ3n) is 3.94. The maximum absolute atomic E-state index is 12.2. The van der Waals surface area contributed by atoms with Gasteiger partial charge in [-0.25, -0.2) is 0 Å². The van der Waals surface area contributed by atoms with Gasteiger partial charge in [0, 0.05) is 0 Å². The molecule has 0 bridgehead atoms. The predicted octanol–water partition coefficient (Wildman–Crippen LogP) is 1.32. The van der Waals surface area contributed by atoms with Crippen LogP contribution in [-0.4, -0.2) is 13.0 Å². The van der Waals surface area contributed by atoms with Crippen molar-refractivity contribution in [2.75, 3.05) is 0 Å². The molecular formula is C19H23KO5S. The fourth-order valence-corrected chi connectivity index (χ4v) is 3.59. The Kier molecular flexibility index (Phi) is 10.4. The van der Waals surface area contributed by atoms with Gasteiger partial charge in [0.1, 0.15) is 16.4 Å². The Balaban J connectivity index is 0.00000338. The average Bonchev–Trinajstić information content (AvgIpc) is 2.57. The number of rotatable bonds is 9. The van der Waals surface area contributed by atoms with E-state index in [2.05, 4.69) is 6.92 Å². The Morgan fingerprint density at radius 2 is 1.65 bits per heavy atom. The van der Waals surface area contributed by atoms with Gasteiger partial charge >= 0.3 is 51.4 Å². The smallest absolute Gasteiger partial charge is 0.872 e. The molecule has 0 aliphatic rings. The van der Waals surface area contributed by atoms with Crippen molar-refractivity contribution >= 4 is 10.1 Å². The summed E-state index contributed by atoms with van der Waals surface area (Å²) in [7, 11) is -4.58. The van der Waals surface area contributed by atoms with Gasteiger partial charge in [0.2, 0.25) is 0 Å². The summed E-state index contributed by atoms with van der Waals surface area (Å²) in [5.41, 5.74) is 0.0902. The molecule has 26 heavy (non-hydrogen) atoms. The average molecular weight is 403 g/mol. The van der Waals surface area contributed by atoms with Crippen LogP contribution in [0.25, 0.3) is 0 Å². The zero-order valence-electron chi connectivity index (χ0n) is 15.3. The first kappa shape index (κ1) is 23.6. The Bertz CT molecular complexity index is 791. The molecule has 5 nitrogen and oxygen atoms in total. The summed E-state index contributed by atoms with van der Waals surface area (Å²) in [6.45, 7) is 2.11. The second-order valence-electron chi connectivity index (χ2n) is 5.92. The molecule has 0 radical (unpaired) electrons. The van der Waals surface area contributed by atoms with Gasteiger partial charge in [0.15, 0.2) is 0 Å². The Morgan fingerprint density at radius 1 is 1.00 bits per heavy atom. The van der Waals surface area contributed by atoms with E-state index in [9.17, 15) is 18.1 Å². The molecule has 0 amide bonds. The second kappa shape index (κ2) is 11.4. The molecule has 0 atom stereocenters. The molecule has 1 N–H and O–H groups in total. The van der Waals surface area contributed by atoms with E-state index in [1.165, 1.54) is 12.1 Å². The van der Waals surface area contributed by atoms with E-state index in [1.807, 2.05) is 0 Å². The first-order chi connectivity index (χ1) is 11.9. The fraction of sp³-hybridized carbons (Fsp3) is 0.368. The summed E-state index contributed by atoms with van der Waals surface area (Å²) < 4.78 is 39.0. The van der Waals surface area contributed by atoms with Crippen LogP contribution >= 0.6 is 0 Å². The van der Waals surface area contributed by atoms with Crippen LogP contribution in [0.15, 0.2) is 47.4 Å². The summed E-state index contributed by atoms with van der Waals surface area (Å²) >= 11 is 0. The maximum Gasteiger partial charge on any atom is 1.00 e. The summed E-state index contributed by atoms with van der Waals surface area (Å²) in [6.07, 6.45) is 5.13. The van der Waals surface area contributed by atoms with Crippen LogP contribution in [0.3, 0.4) is 0 Å². The van der Waals surface area contributed by atoms with Gasteiger partial charge in [-0.15, -0.1) is 5.75 Å². The van der Waals surface area contributed by atoms with Crippen LogP contribution < -0.4 is 61.2 Å². The van der Waals surface area contributed by atoms with Crippen LogP contribution in [0.5, 0.6) is 17.2 Å². The van der Waals surface area contributed by atoms with Crippen molar-refractivity contribution in [2.24, 2.45) is 0 Å². The molecule has 0 saturated heterocycles. The van der Waals surface area contributed by atoms with E-state index in [-0.39, 0.29) is 62.7 Å². The summed E-state index contributed by atoms with van der Waals surface area (Å²) in [6, 6.07) is 11.2. The molecular weight excluding hydrogens is 379 g/mol. The van der Waals surface area contributed by atoms with Gasteiger partial charge in [-0.2, -0.15) is 8.42 Å². The van der Waals surface area contributed by atoms with Crippen molar-refractivity contribution in [3.05, 3.63) is 48.0 Å². The van der Waals surface area contributed by atoms with E-state index in [1.54, 1.807) is 30.3 Å². The third kappa shape index (κ3) is 6.96. The predicted molar refractivity (Wildman–Crippen MR) is 94.7 cm³/mol. The normalized spacial score (nSPS) is 11.0. The van der Waals surface area contributed by atoms with Crippen LogP contribution in [0.1, 0.15) is 44.6 Å². The van der Waals surface area contributed by atoms with Gasteiger partial charge in [0.05, 0.1) is 0 Å². The number of ether oxygens (including phenoxy) is 1. The first-order valence-electron chi connectivity index (χ1n) is 8.46. The Labute approximate surface area is 198 Å². The topological polar surface area (TPSA) is 86.7 Å². The molecule has 0 fully saturated rings. The molecule has 7 heteroatoms. The van der Waals surface area contributed by atoms with Gasteiger partial charge in [0.25, 0.3) is 10.1 Å². The molecule has 2 rings (SSSR count). The quantitative estimate of drug-likeness (QED) is 0.388. The van der Waals surface area contributed by atoms with Crippen molar-refractivity contribution in [3.8, 4) is 17.2 Å². The largest absolute Gasteiger partial charge is 1.00 e. The molecule has 0 aliphatic carbocycles. The first-order valence-corrected chi connectivity index (χ1v) is 9.90. The van der Waals surface area contributed by atoms with E-state index < -0.39 is 20.8 Å². The van der Waals surface area contributed by atoms with Crippen molar-refractivity contribution < 1.29 is 74.2 Å². The number of para-hydroxylation sites is 1. The molecule has 136 valence electrons. The van der Waals surface area contributed by atoms with E-state index in [4.69, 9.17) is 4.74 Å². The maximum atomic E-state index is 12.2. The van der Waals surface area contributed by atoms with Crippen molar-refractivity contribution in [2.45, 2.75) is 50.3 Å². The summed E-state index contributed by atoms with van der Waals surface area (Å²) in [4.78, 5) is -0.417. The number of hydrogen-bond donors (Lipinski definition) is 1. The zero-order valence-corrected chi connectivity index (χ0v) is 19.2. The molecule has 2 aromatic carbocycles. The standard InChI is InChI=1S/C19H24O5S.K/c1-2-3-4-5-9-12-16-17(20)13-14-18(19(16)25(21,22)23)24-15-10-7-6-8-11-15;/h6-8,10-11,13-14,20H,2-5,9,12H2,1H3,(H,21,22,23);/q;+1/p-1. The zero-order chi connectivity index (χ0) is 18.3. The Hall–Kier alpha value is -0.414. The number of benzene rings is 2. The molecule has 0 heterocycles. The summed E-state index contributed by atoms with van der Waals surface area (Å²) in [5, 5.41) is 12.2. The van der Waals surface area contributed by atoms with Crippen LogP contribution in [-0.2, 0) is 16.5 Å². The fourth-order valence-electron chi connectivity index (χ4n) is 2.71. The molecule has 0 saturated carbocycles. The molecule has 2 aromatic rings. The molecule has 0 spiro atoms. The van der Waals surface area contributed by atoms with E-state index in [0.29, 0.717) is 18.6 Å². The Morgan fingerprint density at radius 3 is 2.27 bits per heavy atom. The summed E-state index contributed by atoms with van der Waals surface area (Å²) in [5.74, 6) is 0.000307. The number of unbranched alkanes of at least 4 members (excludes halogenated alkanes) is 4. The second-order valence-corrected chi connectivity index (χ2v) is 7.28. The minimum absolute atomic E-state index is 0. The van der Waals surface area contributed by atoms with Crippen LogP contribution in [0, 0.1) is 0 Å². The van der Waals surface area contributed by atoms with Crippen LogP contribution in [0.2, 0.25) is 0 Å². The van der Waals surface area contributed by atoms with Gasteiger partial charge < -0.3 is 9.84 Å². The minimum Gasteiger partial charge on any atom is -0.872 e. The molecule has 0 unspecified atom stereocenters. The van der Waals surface area contributed by atoms with Gasteiger partial charge in [-0.1, -0.05) is 56.9 Å². The minimum atomic E-state index is -4.58. The van der Waals surface area contributed by atoms with Gasteiger partial charge in [-0.3, -0.25) is 4.55 Å². The SMILES string of the molecule is CCCCCCCc1c([O-])ccc(Oc2ccccc2)c1S(=O)(=O)O.[K+]. The van der Waals surface area contributed by atoms with E-state index >= 15 is 0 Å².